The molecule has 2 saturated heterocycles. The van der Waals surface area contributed by atoms with Crippen molar-refractivity contribution in [1.29, 1.82) is 5.26 Å². The van der Waals surface area contributed by atoms with Crippen LogP contribution in [0.2, 0.25) is 0 Å². The summed E-state index contributed by atoms with van der Waals surface area (Å²) in [5.74, 6) is 0.780. The Morgan fingerprint density at radius 2 is 2.10 bits per heavy atom. The number of hydrogen-bond donors (Lipinski definition) is 2. The maximum absolute atomic E-state index is 14.9. The molecule has 0 spiro atoms. The second-order valence-corrected chi connectivity index (χ2v) is 7.80. The van der Waals surface area contributed by atoms with Gasteiger partial charge in [0.25, 0.3) is 0 Å². The van der Waals surface area contributed by atoms with Gasteiger partial charge in [0.05, 0.1) is 18.8 Å². The van der Waals surface area contributed by atoms with Gasteiger partial charge in [0.15, 0.2) is 0 Å². The highest BCUT2D eigenvalue weighted by Crippen LogP contribution is 2.58. The summed E-state index contributed by atoms with van der Waals surface area (Å²) in [7, 11) is 1.72. The van der Waals surface area contributed by atoms with Crippen LogP contribution in [0.15, 0.2) is 23.2 Å². The van der Waals surface area contributed by atoms with E-state index in [1.165, 1.54) is 17.9 Å². The first-order chi connectivity index (χ1) is 14.4. The van der Waals surface area contributed by atoms with Crippen molar-refractivity contribution >= 4 is 23.6 Å². The number of carbonyl (C=O) groups is 2. The Balaban J connectivity index is 1.40. The fourth-order valence-electron chi connectivity index (χ4n) is 4.54. The molecule has 1 aromatic rings. The second kappa shape index (κ2) is 7.82. The molecule has 2 aliphatic heterocycles. The summed E-state index contributed by atoms with van der Waals surface area (Å²) in [6.45, 7) is 3.32. The van der Waals surface area contributed by atoms with Gasteiger partial charge in [-0.25, -0.2) is 9.18 Å². The number of aliphatic imine (C=N–C) groups is 1. The average molecular weight is 414 g/mol. The Hall–Kier alpha value is -3.35. The van der Waals surface area contributed by atoms with Gasteiger partial charge < -0.3 is 20.3 Å². The summed E-state index contributed by atoms with van der Waals surface area (Å²) in [4.78, 5) is 30.3. The van der Waals surface area contributed by atoms with E-state index in [9.17, 15) is 14.0 Å². The summed E-state index contributed by atoms with van der Waals surface area (Å²) in [6, 6.07) is 4.86. The van der Waals surface area contributed by atoms with Crippen LogP contribution in [0.4, 0.5) is 14.9 Å². The van der Waals surface area contributed by atoms with Crippen molar-refractivity contribution in [3.8, 4) is 6.19 Å². The molecule has 2 amide bonds. The fourth-order valence-corrected chi connectivity index (χ4v) is 4.54. The molecular weight excluding hydrogens is 391 g/mol. The summed E-state index contributed by atoms with van der Waals surface area (Å²) in [5, 5.41) is 14.3. The molecule has 0 radical (unpaired) electrons. The molecule has 2 N–H and O–H groups in total. The van der Waals surface area contributed by atoms with Crippen molar-refractivity contribution in [2.75, 3.05) is 38.1 Å². The number of ether oxygens (including phenoxy) is 1. The highest BCUT2D eigenvalue weighted by Gasteiger charge is 2.57. The zero-order valence-corrected chi connectivity index (χ0v) is 16.8. The van der Waals surface area contributed by atoms with Gasteiger partial charge in [-0.3, -0.25) is 9.69 Å². The minimum atomic E-state index is -0.548. The molecule has 3 fully saturated rings. The zero-order valence-electron chi connectivity index (χ0n) is 16.8. The van der Waals surface area contributed by atoms with Gasteiger partial charge >= 0.3 is 6.09 Å². The van der Waals surface area contributed by atoms with Crippen LogP contribution in [-0.4, -0.2) is 62.2 Å². The van der Waals surface area contributed by atoms with Gasteiger partial charge in [-0.15, -0.1) is 4.99 Å². The van der Waals surface area contributed by atoms with Gasteiger partial charge in [-0.1, -0.05) is 6.07 Å². The third-order valence-corrected chi connectivity index (χ3v) is 5.98. The van der Waals surface area contributed by atoms with E-state index in [2.05, 4.69) is 15.6 Å². The molecule has 10 heteroatoms. The largest absolute Gasteiger partial charge is 0.442 e. The maximum atomic E-state index is 14.9. The summed E-state index contributed by atoms with van der Waals surface area (Å²) in [6.07, 6.45) is 0.779. The molecule has 1 unspecified atom stereocenters. The number of guanidine groups is 1. The lowest BCUT2D eigenvalue weighted by Crippen LogP contribution is -2.39. The highest BCUT2D eigenvalue weighted by atomic mass is 19.1. The lowest BCUT2D eigenvalue weighted by atomic mass is 10.1. The molecule has 2 heterocycles. The Labute approximate surface area is 173 Å². The molecule has 4 atom stereocenters. The van der Waals surface area contributed by atoms with E-state index in [0.29, 0.717) is 29.0 Å². The second-order valence-electron chi connectivity index (χ2n) is 7.80. The first-order valence-electron chi connectivity index (χ1n) is 9.84. The SMILES string of the molecule is CN/C(=N\C#N)N1C[C@@H]2C(c3ccc(N4C[C@H](CNC(C)=O)OC4=O)cc3F)[C@@H]2C1. The molecule has 9 nitrogen and oxygen atoms in total. The number of piperidine rings is 1. The van der Waals surface area contributed by atoms with E-state index in [4.69, 9.17) is 10.00 Å². The van der Waals surface area contributed by atoms with Gasteiger partial charge in [0.1, 0.15) is 11.9 Å². The van der Waals surface area contributed by atoms with Crippen molar-refractivity contribution in [2.45, 2.75) is 18.9 Å². The van der Waals surface area contributed by atoms with E-state index < -0.39 is 12.2 Å². The van der Waals surface area contributed by atoms with Gasteiger partial charge in [0.2, 0.25) is 18.1 Å². The number of halogens is 1. The molecular formula is C20H23FN6O3. The van der Waals surface area contributed by atoms with E-state index in [1.54, 1.807) is 25.4 Å². The molecule has 3 aliphatic rings. The molecule has 1 saturated carbocycles. The normalized spacial score (nSPS) is 27.4. The topological polar surface area (TPSA) is 110 Å². The van der Waals surface area contributed by atoms with Crippen molar-refractivity contribution in [3.63, 3.8) is 0 Å². The number of anilines is 1. The lowest BCUT2D eigenvalue weighted by molar-refractivity contribution is -0.119. The van der Waals surface area contributed by atoms with Crippen LogP contribution in [0, 0.1) is 29.1 Å². The number of benzene rings is 1. The van der Waals surface area contributed by atoms with Crippen LogP contribution in [0.1, 0.15) is 18.4 Å². The first kappa shape index (κ1) is 19.9. The summed E-state index contributed by atoms with van der Waals surface area (Å²) < 4.78 is 20.1. The van der Waals surface area contributed by atoms with Crippen molar-refractivity contribution in [2.24, 2.45) is 16.8 Å². The minimum absolute atomic E-state index is 0.133. The molecule has 30 heavy (non-hydrogen) atoms. The van der Waals surface area contributed by atoms with Crippen molar-refractivity contribution in [3.05, 3.63) is 29.6 Å². The zero-order chi connectivity index (χ0) is 21.4. The molecule has 0 aromatic heterocycles. The van der Waals surface area contributed by atoms with E-state index >= 15 is 0 Å². The highest BCUT2D eigenvalue weighted by molar-refractivity contribution is 5.90. The fraction of sp³-hybridized carbons (Fsp3) is 0.500. The molecule has 158 valence electrons. The van der Waals surface area contributed by atoms with Crippen molar-refractivity contribution in [1.82, 2.24) is 15.5 Å². The molecule has 1 aliphatic carbocycles. The number of hydrogen-bond acceptors (Lipinski definition) is 5. The Bertz CT molecular complexity index is 933. The number of fused-ring (bicyclic) bond motifs is 1. The van der Waals surface area contributed by atoms with Crippen LogP contribution in [0.5, 0.6) is 0 Å². The number of likely N-dealkylation sites (tertiary alicyclic amines) is 1. The number of carbonyl (C=O) groups excluding carboxylic acids is 2. The van der Waals surface area contributed by atoms with Crippen molar-refractivity contribution < 1.29 is 18.7 Å². The quantitative estimate of drug-likeness (QED) is 0.432. The predicted octanol–water partition coefficient (Wildman–Crippen LogP) is 0.989. The number of nitrogens with one attached hydrogen (secondary N) is 2. The monoisotopic (exact) mass is 414 g/mol. The number of rotatable bonds is 4. The number of nitriles is 1. The summed E-state index contributed by atoms with van der Waals surface area (Å²) in [5.41, 5.74) is 1.09. The van der Waals surface area contributed by atoms with Gasteiger partial charge in [-0.05, 0) is 35.4 Å². The number of cyclic esters (lactones) is 1. The van der Waals surface area contributed by atoms with Gasteiger partial charge in [-0.2, -0.15) is 5.26 Å². The Morgan fingerprint density at radius 1 is 1.37 bits per heavy atom. The average Bonchev–Trinajstić information content (AvgIpc) is 3.03. The standard InChI is InChI=1S/C20H23FN6O3/c1-11(28)24-6-13-7-27(20(29)30-13)12-3-4-14(17(21)5-12)18-15-8-26(9-16(15)18)19(23-2)25-10-22/h3-5,13,15-16,18H,6-9H2,1-2H3,(H,23,25)(H,24,28)/t13-,15-,16+,18?/m0/s1. The lowest BCUT2D eigenvalue weighted by Gasteiger charge is -2.22. The van der Waals surface area contributed by atoms with Crippen LogP contribution < -0.4 is 15.5 Å². The molecule has 4 rings (SSSR count). The van der Waals surface area contributed by atoms with E-state index in [-0.39, 0.29) is 30.7 Å². The Kier molecular flexibility index (Phi) is 5.20. The first-order valence-corrected chi connectivity index (χ1v) is 9.84. The van der Waals surface area contributed by atoms with Crippen LogP contribution in [-0.2, 0) is 9.53 Å². The predicted molar refractivity (Wildman–Crippen MR) is 106 cm³/mol. The van der Waals surface area contributed by atoms with Crippen LogP contribution in [0.25, 0.3) is 0 Å². The molecule has 1 aromatic carbocycles. The maximum Gasteiger partial charge on any atom is 0.414 e. The minimum Gasteiger partial charge on any atom is -0.442 e. The summed E-state index contributed by atoms with van der Waals surface area (Å²) >= 11 is 0. The number of nitrogens with zero attached hydrogens (tertiary/aromatic N) is 4. The molecule has 0 bridgehead atoms. The van der Waals surface area contributed by atoms with Crippen LogP contribution >= 0.6 is 0 Å². The Morgan fingerprint density at radius 3 is 2.70 bits per heavy atom. The smallest absolute Gasteiger partial charge is 0.414 e. The third kappa shape index (κ3) is 3.63. The van der Waals surface area contributed by atoms with Crippen LogP contribution in [0.3, 0.4) is 0 Å². The van der Waals surface area contributed by atoms with E-state index in [0.717, 1.165) is 13.1 Å². The van der Waals surface area contributed by atoms with E-state index in [1.807, 2.05) is 4.90 Å². The van der Waals surface area contributed by atoms with Gasteiger partial charge in [0, 0.05) is 27.1 Å². The number of amides is 2. The third-order valence-electron chi connectivity index (χ3n) is 5.98.